The quantitative estimate of drug-likeness (QED) is 0.828. The van der Waals surface area contributed by atoms with Crippen LogP contribution in [0.1, 0.15) is 23.4 Å². The van der Waals surface area contributed by atoms with Crippen molar-refractivity contribution >= 4 is 5.97 Å². The number of aliphatic carboxylic acids is 1. The topological polar surface area (TPSA) is 70.4 Å². The first-order valence-electron chi connectivity index (χ1n) is 4.43. The van der Waals surface area contributed by atoms with E-state index in [9.17, 15) is 26.7 Å². The zero-order valence-electron chi connectivity index (χ0n) is 8.50. The van der Waals surface area contributed by atoms with Crippen molar-refractivity contribution in [2.75, 3.05) is 0 Å². The predicted octanol–water partition coefficient (Wildman–Crippen LogP) is 2.37. The summed E-state index contributed by atoms with van der Waals surface area (Å²) in [4.78, 5) is 13.0. The predicted molar refractivity (Wildman–Crippen MR) is 47.2 cm³/mol. The largest absolute Gasteiger partial charge is 0.506 e. The molecule has 1 heterocycles. The second-order valence-electron chi connectivity index (χ2n) is 3.27. The van der Waals surface area contributed by atoms with E-state index in [-0.39, 0.29) is 0 Å². The molecule has 1 aromatic heterocycles. The summed E-state index contributed by atoms with van der Waals surface area (Å²) in [5, 5.41) is 17.4. The van der Waals surface area contributed by atoms with Crippen LogP contribution in [0.4, 0.5) is 22.0 Å². The molecule has 0 fully saturated rings. The van der Waals surface area contributed by atoms with Gasteiger partial charge in [0.2, 0.25) is 0 Å². The van der Waals surface area contributed by atoms with Crippen molar-refractivity contribution in [1.82, 2.24) is 4.98 Å². The summed E-state index contributed by atoms with van der Waals surface area (Å²) < 4.78 is 61.9. The van der Waals surface area contributed by atoms with Gasteiger partial charge in [-0.05, 0) is 11.6 Å². The summed E-state index contributed by atoms with van der Waals surface area (Å²) in [5.41, 5.74) is -3.84. The van der Waals surface area contributed by atoms with Gasteiger partial charge in [0, 0.05) is 0 Å². The average molecular weight is 271 g/mol. The lowest BCUT2D eigenvalue weighted by Crippen LogP contribution is -2.13. The monoisotopic (exact) mass is 271 g/mol. The lowest BCUT2D eigenvalue weighted by molar-refractivity contribution is -0.142. The highest BCUT2D eigenvalue weighted by Crippen LogP contribution is 2.37. The van der Waals surface area contributed by atoms with Gasteiger partial charge in [-0.1, -0.05) is 0 Å². The number of carboxylic acids is 1. The third-order valence-corrected chi connectivity index (χ3v) is 1.93. The zero-order valence-corrected chi connectivity index (χ0v) is 8.50. The van der Waals surface area contributed by atoms with Crippen molar-refractivity contribution in [2.24, 2.45) is 0 Å². The van der Waals surface area contributed by atoms with E-state index >= 15 is 0 Å². The lowest BCUT2D eigenvalue weighted by atomic mass is 10.1. The van der Waals surface area contributed by atoms with Crippen molar-refractivity contribution in [1.29, 1.82) is 0 Å². The highest BCUT2D eigenvalue weighted by atomic mass is 19.4. The first-order chi connectivity index (χ1) is 8.12. The van der Waals surface area contributed by atoms with Gasteiger partial charge in [-0.15, -0.1) is 0 Å². The summed E-state index contributed by atoms with van der Waals surface area (Å²) >= 11 is 0. The number of aromatic nitrogens is 1. The molecule has 18 heavy (non-hydrogen) atoms. The Morgan fingerprint density at radius 2 is 1.94 bits per heavy atom. The number of aromatic hydroxyl groups is 1. The normalized spacial score (nSPS) is 11.9. The van der Waals surface area contributed by atoms with Crippen molar-refractivity contribution in [3.05, 3.63) is 23.0 Å². The molecule has 0 radical (unpaired) electrons. The molecule has 0 unspecified atom stereocenters. The molecular formula is C9H6F5NO3. The van der Waals surface area contributed by atoms with Crippen molar-refractivity contribution in [2.45, 2.75) is 19.0 Å². The Labute approximate surface area is 96.7 Å². The van der Waals surface area contributed by atoms with Crippen LogP contribution in [0.15, 0.2) is 6.07 Å². The minimum atomic E-state index is -5.10. The number of hydrogen-bond acceptors (Lipinski definition) is 3. The number of rotatable bonds is 3. The van der Waals surface area contributed by atoms with Crippen LogP contribution in [0.5, 0.6) is 5.75 Å². The van der Waals surface area contributed by atoms with Gasteiger partial charge in [0.05, 0.1) is 6.42 Å². The molecule has 4 nitrogen and oxygen atoms in total. The molecule has 0 atom stereocenters. The summed E-state index contributed by atoms with van der Waals surface area (Å²) in [5.74, 6) is -2.92. The van der Waals surface area contributed by atoms with Crippen molar-refractivity contribution in [3.8, 4) is 5.75 Å². The molecule has 0 bridgehead atoms. The third-order valence-electron chi connectivity index (χ3n) is 1.93. The number of nitrogens with zero attached hydrogens (tertiary/aromatic N) is 1. The van der Waals surface area contributed by atoms with Crippen LogP contribution in [-0.2, 0) is 17.4 Å². The molecule has 0 amide bonds. The first kappa shape index (κ1) is 14.1. The molecule has 0 aliphatic carbocycles. The number of pyridine rings is 1. The highest BCUT2D eigenvalue weighted by molar-refractivity contribution is 5.70. The Morgan fingerprint density at radius 1 is 1.39 bits per heavy atom. The van der Waals surface area contributed by atoms with E-state index in [4.69, 9.17) is 10.2 Å². The van der Waals surface area contributed by atoms with E-state index in [2.05, 4.69) is 4.98 Å². The number of carboxylic acid groups (broad SMARTS) is 1. The van der Waals surface area contributed by atoms with Gasteiger partial charge in [0.1, 0.15) is 11.4 Å². The summed E-state index contributed by atoms with van der Waals surface area (Å²) in [6.07, 6.45) is -9.44. The molecular weight excluding hydrogens is 265 g/mol. The highest BCUT2D eigenvalue weighted by Gasteiger charge is 2.37. The molecule has 100 valence electrons. The minimum Gasteiger partial charge on any atom is -0.506 e. The first-order valence-corrected chi connectivity index (χ1v) is 4.43. The van der Waals surface area contributed by atoms with Crippen LogP contribution in [0.3, 0.4) is 0 Å². The fraction of sp³-hybridized carbons (Fsp3) is 0.333. The van der Waals surface area contributed by atoms with Crippen molar-refractivity contribution < 1.29 is 37.0 Å². The maximum atomic E-state index is 12.5. The Morgan fingerprint density at radius 3 is 2.33 bits per heavy atom. The number of alkyl halides is 5. The zero-order chi connectivity index (χ0) is 14.1. The van der Waals surface area contributed by atoms with Gasteiger partial charge in [-0.3, -0.25) is 4.79 Å². The molecule has 1 rings (SSSR count). The Kier molecular flexibility index (Phi) is 3.73. The van der Waals surface area contributed by atoms with Crippen LogP contribution >= 0.6 is 0 Å². The van der Waals surface area contributed by atoms with Gasteiger partial charge >= 0.3 is 12.1 Å². The molecule has 2 N–H and O–H groups in total. The van der Waals surface area contributed by atoms with Crippen LogP contribution in [0, 0.1) is 0 Å². The van der Waals surface area contributed by atoms with E-state index in [1.54, 1.807) is 0 Å². The van der Waals surface area contributed by atoms with Gasteiger partial charge in [-0.25, -0.2) is 13.8 Å². The van der Waals surface area contributed by atoms with Gasteiger partial charge < -0.3 is 10.2 Å². The average Bonchev–Trinajstić information content (AvgIpc) is 2.13. The van der Waals surface area contributed by atoms with Crippen LogP contribution < -0.4 is 0 Å². The Balaban J connectivity index is 3.39. The van der Waals surface area contributed by atoms with E-state index < -0.39 is 47.7 Å². The number of halogens is 5. The van der Waals surface area contributed by atoms with Gasteiger partial charge in [0.25, 0.3) is 6.43 Å². The molecule has 0 aromatic carbocycles. The molecule has 0 aliphatic rings. The van der Waals surface area contributed by atoms with Gasteiger partial charge in [0.15, 0.2) is 5.69 Å². The van der Waals surface area contributed by atoms with Crippen LogP contribution in [0.2, 0.25) is 0 Å². The smallest absolute Gasteiger partial charge is 0.437 e. The van der Waals surface area contributed by atoms with E-state index in [0.29, 0.717) is 6.07 Å². The Bertz CT molecular complexity index is 472. The number of carbonyl (C=O) groups is 1. The van der Waals surface area contributed by atoms with Gasteiger partial charge in [-0.2, -0.15) is 13.2 Å². The SMILES string of the molecule is O=C(O)Cc1cc(O)c(C(F)(F)F)nc1C(F)F. The second kappa shape index (κ2) is 4.75. The molecule has 0 saturated carbocycles. The fourth-order valence-electron chi connectivity index (χ4n) is 1.26. The summed E-state index contributed by atoms with van der Waals surface area (Å²) in [6.45, 7) is 0. The minimum absolute atomic E-state index is 0.339. The molecule has 0 spiro atoms. The standard InChI is InChI=1S/C9H6F5NO3/c10-8(11)6-3(2-5(17)18)1-4(16)7(15-6)9(12,13)14/h1,8,16H,2H2,(H,17,18). The maximum absolute atomic E-state index is 12.5. The van der Waals surface area contributed by atoms with E-state index in [1.165, 1.54) is 0 Å². The summed E-state index contributed by atoms with van der Waals surface area (Å²) in [6, 6.07) is 0.339. The van der Waals surface area contributed by atoms with E-state index in [0.717, 1.165) is 0 Å². The van der Waals surface area contributed by atoms with E-state index in [1.807, 2.05) is 0 Å². The van der Waals surface area contributed by atoms with Crippen LogP contribution in [0.25, 0.3) is 0 Å². The maximum Gasteiger partial charge on any atom is 0.437 e. The summed E-state index contributed by atoms with van der Waals surface area (Å²) in [7, 11) is 0. The Hall–Kier alpha value is -1.93. The fourth-order valence-corrected chi connectivity index (χ4v) is 1.26. The molecule has 9 heteroatoms. The molecule has 0 saturated heterocycles. The molecule has 0 aliphatic heterocycles. The van der Waals surface area contributed by atoms with Crippen molar-refractivity contribution in [3.63, 3.8) is 0 Å². The van der Waals surface area contributed by atoms with Crippen LogP contribution in [-0.4, -0.2) is 21.2 Å². The lowest BCUT2D eigenvalue weighted by Gasteiger charge is -2.12. The molecule has 1 aromatic rings. The second-order valence-corrected chi connectivity index (χ2v) is 3.27. The third kappa shape index (κ3) is 3.05. The number of hydrogen-bond donors (Lipinski definition) is 2.